The average molecular weight is 325 g/mol. The number of hydrogen-bond acceptors (Lipinski definition) is 5. The van der Waals surface area contributed by atoms with Crippen LogP contribution in [0.3, 0.4) is 0 Å². The lowest BCUT2D eigenvalue weighted by Crippen LogP contribution is -2.11. The van der Waals surface area contributed by atoms with Gasteiger partial charge in [0.05, 0.1) is 10.6 Å². The van der Waals surface area contributed by atoms with Crippen LogP contribution in [0.1, 0.15) is 15.9 Å². The highest BCUT2D eigenvalue weighted by Crippen LogP contribution is 2.43. The lowest BCUT2D eigenvalue weighted by atomic mass is 10.1. The average Bonchev–Trinajstić information content (AvgIpc) is 3.15. The van der Waals surface area contributed by atoms with Gasteiger partial charge in [0.1, 0.15) is 11.1 Å². The summed E-state index contributed by atoms with van der Waals surface area (Å²) in [5.41, 5.74) is 7.70. The number of nitrogens with zero attached hydrogens (tertiary/aromatic N) is 1. The van der Waals surface area contributed by atoms with Crippen LogP contribution in [-0.4, -0.2) is 5.91 Å². The second kappa shape index (κ2) is 6.02. The van der Waals surface area contributed by atoms with Crippen molar-refractivity contribution in [1.29, 1.82) is 5.26 Å². The first-order valence-corrected chi connectivity index (χ1v) is 8.13. The van der Waals surface area contributed by atoms with E-state index in [4.69, 9.17) is 5.73 Å². The maximum absolute atomic E-state index is 12.2. The number of nitrogens with one attached hydrogen (secondary N) is 1. The molecule has 0 bridgehead atoms. The molecule has 0 atom stereocenters. The predicted octanol–water partition coefficient (Wildman–Crippen LogP) is 4.18. The van der Waals surface area contributed by atoms with Crippen LogP contribution < -0.4 is 11.1 Å². The van der Waals surface area contributed by atoms with Crippen molar-refractivity contribution in [3.63, 3.8) is 0 Å². The minimum Gasteiger partial charge on any atom is -0.390 e. The summed E-state index contributed by atoms with van der Waals surface area (Å²) in [5, 5.41) is 15.2. The molecule has 3 N–H and O–H groups in total. The van der Waals surface area contributed by atoms with E-state index in [0.29, 0.717) is 26.7 Å². The Morgan fingerprint density at radius 1 is 1.18 bits per heavy atom. The Bertz CT molecular complexity index is 846. The summed E-state index contributed by atoms with van der Waals surface area (Å²) in [6, 6.07) is 14.8. The first-order valence-electron chi connectivity index (χ1n) is 6.43. The van der Waals surface area contributed by atoms with Gasteiger partial charge in [0, 0.05) is 16.0 Å². The third-order valence-electron chi connectivity index (χ3n) is 3.08. The molecular weight excluding hydrogens is 314 g/mol. The molecule has 0 saturated heterocycles. The monoisotopic (exact) mass is 325 g/mol. The van der Waals surface area contributed by atoms with Crippen LogP contribution in [0, 0.1) is 11.3 Å². The van der Waals surface area contributed by atoms with Crippen LogP contribution in [0.5, 0.6) is 0 Å². The number of nitrogens with two attached hydrogens (primary N) is 1. The molecule has 108 valence electrons. The zero-order valence-corrected chi connectivity index (χ0v) is 13.0. The number of amides is 1. The molecule has 1 aromatic carbocycles. The van der Waals surface area contributed by atoms with Gasteiger partial charge >= 0.3 is 0 Å². The van der Waals surface area contributed by atoms with E-state index in [1.165, 1.54) is 22.7 Å². The van der Waals surface area contributed by atoms with Gasteiger partial charge < -0.3 is 11.1 Å². The molecule has 0 spiro atoms. The van der Waals surface area contributed by atoms with Crippen molar-refractivity contribution < 1.29 is 4.79 Å². The number of hydrogen-bond donors (Lipinski definition) is 2. The molecule has 2 heterocycles. The summed E-state index contributed by atoms with van der Waals surface area (Å²) in [6.45, 7) is 0. The highest BCUT2D eigenvalue weighted by molar-refractivity contribution is 7.21. The number of nitriles is 1. The summed E-state index contributed by atoms with van der Waals surface area (Å²) in [4.78, 5) is 13.2. The third-order valence-corrected chi connectivity index (χ3v) is 4.90. The quantitative estimate of drug-likeness (QED) is 0.758. The summed E-state index contributed by atoms with van der Waals surface area (Å²) < 4.78 is 0. The van der Waals surface area contributed by atoms with Crippen molar-refractivity contribution in [2.75, 3.05) is 11.1 Å². The molecule has 0 saturated carbocycles. The van der Waals surface area contributed by atoms with Crippen LogP contribution >= 0.6 is 22.7 Å². The topological polar surface area (TPSA) is 78.9 Å². The van der Waals surface area contributed by atoms with Gasteiger partial charge in [-0.2, -0.15) is 5.26 Å². The predicted molar refractivity (Wildman–Crippen MR) is 91.2 cm³/mol. The fraction of sp³-hybridized carbons (Fsp3) is 0. The molecule has 3 rings (SSSR count). The minimum absolute atomic E-state index is 0.254. The molecular formula is C16H11N3OS2. The minimum atomic E-state index is -0.254. The lowest BCUT2D eigenvalue weighted by Gasteiger charge is -2.03. The standard InChI is InChI=1S/C16H11N3OS2/c17-9-11-13(12-7-4-8-21-12)14(18)22-16(11)19-15(20)10-5-2-1-3-6-10/h1-8H,18H2,(H,19,20). The van der Waals surface area contributed by atoms with Gasteiger partial charge in [-0.15, -0.1) is 11.3 Å². The van der Waals surface area contributed by atoms with E-state index < -0.39 is 0 Å². The summed E-state index contributed by atoms with van der Waals surface area (Å²) in [5.74, 6) is -0.254. The number of rotatable bonds is 3. The van der Waals surface area contributed by atoms with E-state index in [9.17, 15) is 10.1 Å². The van der Waals surface area contributed by atoms with E-state index in [1.54, 1.807) is 24.3 Å². The summed E-state index contributed by atoms with van der Waals surface area (Å²) >= 11 is 2.73. The fourth-order valence-corrected chi connectivity index (χ4v) is 3.86. The van der Waals surface area contributed by atoms with Crippen LogP contribution in [0.2, 0.25) is 0 Å². The van der Waals surface area contributed by atoms with Gasteiger partial charge in [-0.05, 0) is 23.6 Å². The first kappa shape index (κ1) is 14.3. The number of carbonyl (C=O) groups is 1. The maximum atomic E-state index is 12.2. The Morgan fingerprint density at radius 3 is 2.59 bits per heavy atom. The Hall–Kier alpha value is -2.62. The zero-order valence-electron chi connectivity index (χ0n) is 11.4. The molecule has 3 aromatic rings. The Balaban J connectivity index is 1.98. The smallest absolute Gasteiger partial charge is 0.256 e. The number of anilines is 2. The van der Waals surface area contributed by atoms with Crippen LogP contribution in [0.15, 0.2) is 47.8 Å². The van der Waals surface area contributed by atoms with Gasteiger partial charge in [0.15, 0.2) is 0 Å². The van der Waals surface area contributed by atoms with Crippen molar-refractivity contribution in [1.82, 2.24) is 0 Å². The molecule has 22 heavy (non-hydrogen) atoms. The number of thiophene rings is 2. The molecule has 0 fully saturated rings. The van der Waals surface area contributed by atoms with Crippen molar-refractivity contribution in [3.8, 4) is 16.5 Å². The number of carbonyl (C=O) groups excluding carboxylic acids is 1. The van der Waals surface area contributed by atoms with Gasteiger partial charge in [-0.25, -0.2) is 0 Å². The Kier molecular flexibility index (Phi) is 3.92. The van der Waals surface area contributed by atoms with Crippen molar-refractivity contribution in [3.05, 3.63) is 59.0 Å². The van der Waals surface area contributed by atoms with E-state index in [1.807, 2.05) is 23.6 Å². The van der Waals surface area contributed by atoms with Crippen LogP contribution in [0.4, 0.5) is 10.0 Å². The molecule has 2 aromatic heterocycles. The summed E-state index contributed by atoms with van der Waals surface area (Å²) in [6.07, 6.45) is 0. The highest BCUT2D eigenvalue weighted by atomic mass is 32.1. The van der Waals surface area contributed by atoms with Crippen molar-refractivity contribution >= 4 is 38.6 Å². The highest BCUT2D eigenvalue weighted by Gasteiger charge is 2.20. The number of benzene rings is 1. The lowest BCUT2D eigenvalue weighted by molar-refractivity contribution is 0.102. The number of nitrogen functional groups attached to an aromatic ring is 1. The van der Waals surface area contributed by atoms with E-state index in [2.05, 4.69) is 11.4 Å². The largest absolute Gasteiger partial charge is 0.390 e. The normalized spacial score (nSPS) is 10.1. The molecule has 6 heteroatoms. The van der Waals surface area contributed by atoms with E-state index in [-0.39, 0.29) is 5.91 Å². The van der Waals surface area contributed by atoms with E-state index >= 15 is 0 Å². The maximum Gasteiger partial charge on any atom is 0.256 e. The van der Waals surface area contributed by atoms with Gasteiger partial charge in [-0.3, -0.25) is 4.79 Å². The van der Waals surface area contributed by atoms with Crippen LogP contribution in [0.25, 0.3) is 10.4 Å². The van der Waals surface area contributed by atoms with E-state index in [0.717, 1.165) is 4.88 Å². The molecule has 4 nitrogen and oxygen atoms in total. The van der Waals surface area contributed by atoms with Crippen LogP contribution in [-0.2, 0) is 0 Å². The Morgan fingerprint density at radius 2 is 1.95 bits per heavy atom. The zero-order chi connectivity index (χ0) is 15.5. The van der Waals surface area contributed by atoms with Gasteiger partial charge in [0.2, 0.25) is 0 Å². The second-order valence-corrected chi connectivity index (χ2v) is 6.45. The first-order chi connectivity index (χ1) is 10.7. The van der Waals surface area contributed by atoms with Crippen molar-refractivity contribution in [2.45, 2.75) is 0 Å². The molecule has 1 amide bonds. The SMILES string of the molecule is N#Cc1c(NC(=O)c2ccccc2)sc(N)c1-c1cccs1. The molecule has 0 radical (unpaired) electrons. The van der Waals surface area contributed by atoms with Crippen molar-refractivity contribution in [2.24, 2.45) is 0 Å². The van der Waals surface area contributed by atoms with Gasteiger partial charge in [0.25, 0.3) is 5.91 Å². The molecule has 0 aliphatic carbocycles. The molecule has 0 aliphatic rings. The molecule has 0 aliphatic heterocycles. The second-order valence-electron chi connectivity index (χ2n) is 4.45. The van der Waals surface area contributed by atoms with Gasteiger partial charge in [-0.1, -0.05) is 35.6 Å². The third kappa shape index (κ3) is 2.60. The fourth-order valence-electron chi connectivity index (χ4n) is 2.07. The Labute approximate surface area is 135 Å². The summed E-state index contributed by atoms with van der Waals surface area (Å²) in [7, 11) is 0. The molecule has 0 unspecified atom stereocenters.